The number of aromatic nitrogens is 1. The molecule has 18 heavy (non-hydrogen) atoms. The molecule has 1 aliphatic rings. The molecular weight excluding hydrogens is 218 g/mol. The van der Waals surface area contributed by atoms with Crippen LogP contribution >= 0.6 is 0 Å². The zero-order chi connectivity index (χ0) is 13.0. The third-order valence-corrected chi connectivity index (χ3v) is 3.00. The molecule has 1 aromatic heterocycles. The molecule has 0 bridgehead atoms. The SMILES string of the molecule is CC.CC1=CC=C(c2cnc3ccccc3c2)C1. The van der Waals surface area contributed by atoms with Crippen molar-refractivity contribution in [3.8, 4) is 0 Å². The minimum atomic E-state index is 1.06. The molecule has 0 saturated carbocycles. The van der Waals surface area contributed by atoms with Gasteiger partial charge in [-0.15, -0.1) is 0 Å². The summed E-state index contributed by atoms with van der Waals surface area (Å²) >= 11 is 0. The number of allylic oxidation sites excluding steroid dienone is 4. The summed E-state index contributed by atoms with van der Waals surface area (Å²) < 4.78 is 0. The molecule has 3 rings (SSSR count). The van der Waals surface area contributed by atoms with Crippen LogP contribution in [0.3, 0.4) is 0 Å². The van der Waals surface area contributed by atoms with Gasteiger partial charge in [0.15, 0.2) is 0 Å². The van der Waals surface area contributed by atoms with Gasteiger partial charge in [0, 0.05) is 11.6 Å². The lowest BCUT2D eigenvalue weighted by atomic mass is 10.0. The molecule has 0 amide bonds. The fourth-order valence-electron chi connectivity index (χ4n) is 2.11. The van der Waals surface area contributed by atoms with Crippen molar-refractivity contribution in [1.82, 2.24) is 4.98 Å². The van der Waals surface area contributed by atoms with E-state index >= 15 is 0 Å². The van der Waals surface area contributed by atoms with Crippen LogP contribution < -0.4 is 0 Å². The van der Waals surface area contributed by atoms with E-state index in [1.165, 1.54) is 22.1 Å². The number of hydrogen-bond acceptors (Lipinski definition) is 1. The molecule has 1 aromatic carbocycles. The molecule has 92 valence electrons. The van der Waals surface area contributed by atoms with E-state index in [0.717, 1.165) is 11.9 Å². The van der Waals surface area contributed by atoms with Crippen LogP contribution in [-0.2, 0) is 0 Å². The van der Waals surface area contributed by atoms with Crippen molar-refractivity contribution in [2.75, 3.05) is 0 Å². The molecule has 0 N–H and O–H groups in total. The number of hydrogen-bond donors (Lipinski definition) is 0. The van der Waals surface area contributed by atoms with Gasteiger partial charge in [-0.1, -0.05) is 49.8 Å². The van der Waals surface area contributed by atoms with Crippen molar-refractivity contribution in [1.29, 1.82) is 0 Å². The van der Waals surface area contributed by atoms with Gasteiger partial charge in [-0.25, -0.2) is 0 Å². The summed E-state index contributed by atoms with van der Waals surface area (Å²) in [4.78, 5) is 4.49. The summed E-state index contributed by atoms with van der Waals surface area (Å²) in [7, 11) is 0. The predicted octanol–water partition coefficient (Wildman–Crippen LogP) is 4.99. The highest BCUT2D eigenvalue weighted by atomic mass is 14.6. The Balaban J connectivity index is 0.000000574. The van der Waals surface area contributed by atoms with Gasteiger partial charge >= 0.3 is 0 Å². The zero-order valence-electron chi connectivity index (χ0n) is 11.3. The highest BCUT2D eigenvalue weighted by molar-refractivity contribution is 5.83. The first-order chi connectivity index (χ1) is 8.83. The molecule has 0 saturated heterocycles. The second-order valence-electron chi connectivity index (χ2n) is 4.30. The average molecular weight is 237 g/mol. The predicted molar refractivity (Wildman–Crippen MR) is 79.4 cm³/mol. The Morgan fingerprint density at radius 1 is 1.06 bits per heavy atom. The summed E-state index contributed by atoms with van der Waals surface area (Å²) in [5.41, 5.74) is 5.10. The van der Waals surface area contributed by atoms with Crippen LogP contribution in [0.15, 0.2) is 54.3 Å². The molecule has 0 aliphatic heterocycles. The second-order valence-corrected chi connectivity index (χ2v) is 4.30. The summed E-state index contributed by atoms with van der Waals surface area (Å²) in [6.07, 6.45) is 7.41. The first kappa shape index (κ1) is 12.6. The van der Waals surface area contributed by atoms with Crippen molar-refractivity contribution in [2.24, 2.45) is 0 Å². The summed E-state index contributed by atoms with van der Waals surface area (Å²) in [5.74, 6) is 0. The molecule has 0 spiro atoms. The number of fused-ring (bicyclic) bond motifs is 1. The molecule has 0 unspecified atom stereocenters. The number of benzene rings is 1. The molecule has 0 radical (unpaired) electrons. The number of para-hydroxylation sites is 1. The minimum absolute atomic E-state index is 1.06. The minimum Gasteiger partial charge on any atom is -0.256 e. The van der Waals surface area contributed by atoms with E-state index in [1.54, 1.807) is 0 Å². The van der Waals surface area contributed by atoms with E-state index in [2.05, 4.69) is 42.3 Å². The van der Waals surface area contributed by atoms with E-state index in [1.807, 2.05) is 32.2 Å². The fraction of sp³-hybridized carbons (Fsp3) is 0.235. The van der Waals surface area contributed by atoms with Crippen LogP contribution in [0.4, 0.5) is 0 Å². The molecule has 1 heteroatoms. The molecule has 2 aromatic rings. The standard InChI is InChI=1S/C15H13N.C2H6/c1-11-6-7-12(8-11)14-9-13-4-2-3-5-15(13)16-10-14;1-2/h2-7,9-10H,8H2,1H3;1-2H3. The van der Waals surface area contributed by atoms with Gasteiger partial charge in [0.2, 0.25) is 0 Å². The largest absolute Gasteiger partial charge is 0.256 e. The second kappa shape index (κ2) is 5.63. The molecule has 0 fully saturated rings. The smallest absolute Gasteiger partial charge is 0.0702 e. The van der Waals surface area contributed by atoms with Crippen LogP contribution in [0.5, 0.6) is 0 Å². The number of rotatable bonds is 1. The Labute approximate surface area is 109 Å². The Morgan fingerprint density at radius 2 is 1.83 bits per heavy atom. The van der Waals surface area contributed by atoms with Gasteiger partial charge in [0.05, 0.1) is 5.52 Å². The van der Waals surface area contributed by atoms with E-state index < -0.39 is 0 Å². The Morgan fingerprint density at radius 3 is 2.56 bits per heavy atom. The fourth-order valence-corrected chi connectivity index (χ4v) is 2.11. The van der Waals surface area contributed by atoms with Gasteiger partial charge < -0.3 is 0 Å². The van der Waals surface area contributed by atoms with Gasteiger partial charge in [0.25, 0.3) is 0 Å². The monoisotopic (exact) mass is 237 g/mol. The van der Waals surface area contributed by atoms with Crippen LogP contribution in [-0.4, -0.2) is 4.98 Å². The highest BCUT2D eigenvalue weighted by Crippen LogP contribution is 2.28. The van der Waals surface area contributed by atoms with Crippen molar-refractivity contribution in [3.05, 3.63) is 59.8 Å². The molecule has 1 aliphatic carbocycles. The van der Waals surface area contributed by atoms with Crippen LogP contribution in [0.2, 0.25) is 0 Å². The molecule has 1 nitrogen and oxygen atoms in total. The number of pyridine rings is 1. The van der Waals surface area contributed by atoms with E-state index in [4.69, 9.17) is 0 Å². The maximum Gasteiger partial charge on any atom is 0.0702 e. The van der Waals surface area contributed by atoms with Gasteiger partial charge in [-0.3, -0.25) is 4.98 Å². The lowest BCUT2D eigenvalue weighted by Crippen LogP contribution is -1.86. The topological polar surface area (TPSA) is 12.9 Å². The summed E-state index contributed by atoms with van der Waals surface area (Å²) in [6, 6.07) is 10.5. The quantitative estimate of drug-likeness (QED) is 0.680. The van der Waals surface area contributed by atoms with Crippen molar-refractivity contribution >= 4 is 16.5 Å². The van der Waals surface area contributed by atoms with Crippen molar-refractivity contribution in [2.45, 2.75) is 27.2 Å². The lowest BCUT2D eigenvalue weighted by Gasteiger charge is -2.04. The normalized spacial score (nSPS) is 13.7. The first-order valence-electron chi connectivity index (χ1n) is 6.54. The Kier molecular flexibility index (Phi) is 3.93. The van der Waals surface area contributed by atoms with Gasteiger partial charge in [-0.05, 0) is 36.6 Å². The van der Waals surface area contributed by atoms with Gasteiger partial charge in [0.1, 0.15) is 0 Å². The van der Waals surface area contributed by atoms with Crippen LogP contribution in [0, 0.1) is 0 Å². The Bertz CT molecular complexity index is 606. The van der Waals surface area contributed by atoms with E-state index in [9.17, 15) is 0 Å². The van der Waals surface area contributed by atoms with E-state index in [0.29, 0.717) is 0 Å². The van der Waals surface area contributed by atoms with Crippen molar-refractivity contribution < 1.29 is 0 Å². The third-order valence-electron chi connectivity index (χ3n) is 3.00. The third kappa shape index (κ3) is 2.51. The summed E-state index contributed by atoms with van der Waals surface area (Å²) in [5, 5.41) is 1.21. The van der Waals surface area contributed by atoms with Crippen LogP contribution in [0.1, 0.15) is 32.8 Å². The Hall–Kier alpha value is -1.89. The highest BCUT2D eigenvalue weighted by Gasteiger charge is 2.07. The molecule has 1 heterocycles. The zero-order valence-corrected chi connectivity index (χ0v) is 11.3. The summed E-state index contributed by atoms with van der Waals surface area (Å²) in [6.45, 7) is 6.16. The van der Waals surface area contributed by atoms with Crippen LogP contribution in [0.25, 0.3) is 16.5 Å². The van der Waals surface area contributed by atoms with Crippen molar-refractivity contribution in [3.63, 3.8) is 0 Å². The first-order valence-corrected chi connectivity index (χ1v) is 6.54. The molecular formula is C17H19N. The number of nitrogens with zero attached hydrogens (tertiary/aromatic N) is 1. The maximum atomic E-state index is 4.49. The lowest BCUT2D eigenvalue weighted by molar-refractivity contribution is 1.25. The maximum absolute atomic E-state index is 4.49. The molecule has 0 atom stereocenters. The van der Waals surface area contributed by atoms with E-state index in [-0.39, 0.29) is 0 Å². The van der Waals surface area contributed by atoms with Gasteiger partial charge in [-0.2, -0.15) is 0 Å². The average Bonchev–Trinajstić information content (AvgIpc) is 2.87.